The van der Waals surface area contributed by atoms with Gasteiger partial charge in [-0.3, -0.25) is 0 Å². The number of carbonyl (C=O) groups excluding carboxylic acids is 1. The van der Waals surface area contributed by atoms with Gasteiger partial charge in [0, 0.05) is 49.9 Å². The maximum atomic E-state index is 14.4. The number of urea groups is 1. The Kier molecular flexibility index (Phi) is 5.48. The monoisotopic (exact) mass is 470 g/mol. The van der Waals surface area contributed by atoms with E-state index in [1.165, 1.54) is 9.69 Å². The number of carbonyl (C=O) groups is 1. The second-order valence-electron chi connectivity index (χ2n) is 7.92. The Bertz CT molecular complexity index is 1220. The van der Waals surface area contributed by atoms with Crippen molar-refractivity contribution in [3.8, 4) is 5.82 Å². The van der Waals surface area contributed by atoms with Gasteiger partial charge in [-0.2, -0.15) is 14.8 Å². The summed E-state index contributed by atoms with van der Waals surface area (Å²) in [7, 11) is 0. The van der Waals surface area contributed by atoms with Gasteiger partial charge < -0.3 is 9.80 Å². The van der Waals surface area contributed by atoms with Gasteiger partial charge in [-0.15, -0.1) is 16.4 Å². The molecule has 13 heteroatoms. The second kappa shape index (κ2) is 8.46. The number of hydrazone groups is 1. The Morgan fingerprint density at radius 3 is 2.55 bits per heavy atom. The first-order valence-electron chi connectivity index (χ1n) is 10.6. The average molecular weight is 471 g/mol. The lowest BCUT2D eigenvalue weighted by atomic mass is 10.2. The number of anilines is 1. The number of aryl methyl sites for hydroxylation is 3. The fourth-order valence-corrected chi connectivity index (χ4v) is 4.82. The lowest BCUT2D eigenvalue weighted by Crippen LogP contribution is -2.52. The summed E-state index contributed by atoms with van der Waals surface area (Å²) in [6.07, 6.45) is 5.38. The normalized spacial score (nSPS) is 18.4. The predicted molar refractivity (Wildman–Crippen MR) is 120 cm³/mol. The number of hydrogen-bond donors (Lipinski definition) is 0. The molecular formula is C20H23FN10OS. The van der Waals surface area contributed by atoms with Crippen molar-refractivity contribution in [3.05, 3.63) is 39.7 Å². The van der Waals surface area contributed by atoms with Crippen LogP contribution in [0.3, 0.4) is 0 Å². The number of piperazine rings is 1. The van der Waals surface area contributed by atoms with Gasteiger partial charge in [0.1, 0.15) is 22.7 Å². The summed E-state index contributed by atoms with van der Waals surface area (Å²) >= 11 is 1.58. The highest BCUT2D eigenvalue weighted by atomic mass is 32.1. The van der Waals surface area contributed by atoms with Crippen LogP contribution in [0, 0.1) is 26.6 Å². The van der Waals surface area contributed by atoms with Gasteiger partial charge in [0.15, 0.2) is 11.6 Å². The molecule has 0 aromatic carbocycles. The highest BCUT2D eigenvalue weighted by Gasteiger charge is 2.35. The first-order chi connectivity index (χ1) is 15.9. The molecule has 0 N–H and O–H groups in total. The van der Waals surface area contributed by atoms with E-state index in [9.17, 15) is 9.18 Å². The van der Waals surface area contributed by atoms with E-state index in [0.29, 0.717) is 50.2 Å². The molecule has 2 amide bonds. The smallest absolute Gasteiger partial charge is 0.337 e. The number of amides is 2. The fourth-order valence-electron chi connectivity index (χ4n) is 3.94. The lowest BCUT2D eigenvalue weighted by Gasteiger charge is -2.36. The highest BCUT2D eigenvalue weighted by molar-refractivity contribution is 7.11. The molecule has 0 saturated carbocycles. The number of hydrogen-bond acceptors (Lipinski definition) is 9. The Morgan fingerprint density at radius 1 is 1.09 bits per heavy atom. The Hall–Kier alpha value is -3.48. The first kappa shape index (κ1) is 21.4. The van der Waals surface area contributed by atoms with Crippen LogP contribution in [0.2, 0.25) is 0 Å². The highest BCUT2D eigenvalue weighted by Crippen LogP contribution is 2.32. The summed E-state index contributed by atoms with van der Waals surface area (Å²) in [6, 6.07) is -0.303. The molecule has 2 aliphatic rings. The molecule has 11 nitrogen and oxygen atoms in total. The van der Waals surface area contributed by atoms with Crippen LogP contribution < -0.4 is 4.90 Å². The van der Waals surface area contributed by atoms with Crippen molar-refractivity contribution >= 4 is 29.5 Å². The molecule has 0 aliphatic carbocycles. The van der Waals surface area contributed by atoms with Crippen molar-refractivity contribution in [3.63, 3.8) is 0 Å². The van der Waals surface area contributed by atoms with Crippen molar-refractivity contribution in [1.82, 2.24) is 39.6 Å². The van der Waals surface area contributed by atoms with E-state index in [1.807, 2.05) is 18.0 Å². The largest absolute Gasteiger partial charge is 0.341 e. The summed E-state index contributed by atoms with van der Waals surface area (Å²) < 4.78 is 15.8. The van der Waals surface area contributed by atoms with Gasteiger partial charge >= 0.3 is 6.03 Å². The molecule has 0 unspecified atom stereocenters. The molecule has 3 aromatic rings. The Labute approximate surface area is 193 Å². The summed E-state index contributed by atoms with van der Waals surface area (Å²) in [4.78, 5) is 35.2. The summed E-state index contributed by atoms with van der Waals surface area (Å²) in [6.45, 7) is 7.47. The molecule has 33 heavy (non-hydrogen) atoms. The summed E-state index contributed by atoms with van der Waals surface area (Å²) in [5.74, 6) is 0.958. The van der Waals surface area contributed by atoms with Crippen LogP contribution in [-0.4, -0.2) is 78.0 Å². The van der Waals surface area contributed by atoms with E-state index >= 15 is 0 Å². The zero-order chi connectivity index (χ0) is 23.1. The van der Waals surface area contributed by atoms with E-state index in [0.717, 1.165) is 16.1 Å². The SMILES string of the molecule is Cc1nc(C)n(-c2nc(N3CCN(C(=O)N4N=CC[C@H]4c4ncc(C)s4)CC3)ncc2F)n1. The van der Waals surface area contributed by atoms with Crippen molar-refractivity contribution in [2.45, 2.75) is 33.2 Å². The Morgan fingerprint density at radius 2 is 1.88 bits per heavy atom. The van der Waals surface area contributed by atoms with Gasteiger partial charge in [-0.05, 0) is 20.8 Å². The maximum Gasteiger partial charge on any atom is 0.341 e. The minimum atomic E-state index is -0.573. The molecule has 0 radical (unpaired) electrons. The quantitative estimate of drug-likeness (QED) is 0.578. The van der Waals surface area contributed by atoms with E-state index in [1.54, 1.807) is 36.3 Å². The molecule has 1 atom stereocenters. The summed E-state index contributed by atoms with van der Waals surface area (Å²) in [5, 5.41) is 10.9. The van der Waals surface area contributed by atoms with Crippen LogP contribution in [0.15, 0.2) is 17.5 Å². The molecule has 0 spiro atoms. The maximum absolute atomic E-state index is 14.4. The minimum Gasteiger partial charge on any atom is -0.337 e. The number of nitrogens with zero attached hydrogens (tertiary/aromatic N) is 10. The van der Waals surface area contributed by atoms with E-state index in [-0.39, 0.29) is 17.9 Å². The average Bonchev–Trinajstić information content (AvgIpc) is 3.53. The van der Waals surface area contributed by atoms with Crippen LogP contribution in [0.1, 0.15) is 34.0 Å². The molecular weight excluding hydrogens is 447 g/mol. The lowest BCUT2D eigenvalue weighted by molar-refractivity contribution is 0.139. The molecule has 0 bridgehead atoms. The standard InChI is InChI=1S/C20H23FN10OS/c1-12-10-22-18(33-12)16-4-5-24-31(16)20(32)29-8-6-28(7-9-29)19-23-11-15(21)17(26-19)30-14(3)25-13(2)27-30/h5,10-11,16H,4,6-9H2,1-3H3/t16-/m0/s1. The van der Waals surface area contributed by atoms with E-state index in [4.69, 9.17) is 0 Å². The van der Waals surface area contributed by atoms with Gasteiger partial charge in [0.2, 0.25) is 5.95 Å². The third-order valence-electron chi connectivity index (χ3n) is 5.57. The molecule has 5 rings (SSSR count). The zero-order valence-corrected chi connectivity index (χ0v) is 19.3. The summed E-state index contributed by atoms with van der Waals surface area (Å²) in [5.41, 5.74) is 0. The van der Waals surface area contributed by atoms with Crippen LogP contribution in [0.25, 0.3) is 5.82 Å². The molecule has 1 saturated heterocycles. The second-order valence-corrected chi connectivity index (χ2v) is 9.19. The van der Waals surface area contributed by atoms with Crippen molar-refractivity contribution in [2.24, 2.45) is 5.10 Å². The third kappa shape index (κ3) is 4.03. The van der Waals surface area contributed by atoms with Crippen LogP contribution in [-0.2, 0) is 0 Å². The topological polar surface area (TPSA) is 109 Å². The third-order valence-corrected chi connectivity index (χ3v) is 6.59. The van der Waals surface area contributed by atoms with Gasteiger partial charge in [-0.25, -0.2) is 29.1 Å². The molecule has 2 aliphatic heterocycles. The van der Waals surface area contributed by atoms with Crippen molar-refractivity contribution < 1.29 is 9.18 Å². The molecule has 3 aromatic heterocycles. The van der Waals surface area contributed by atoms with Gasteiger partial charge in [0.05, 0.1) is 6.20 Å². The predicted octanol–water partition coefficient (Wildman–Crippen LogP) is 2.25. The fraction of sp³-hybridized carbons (Fsp3) is 0.450. The van der Waals surface area contributed by atoms with Crippen LogP contribution >= 0.6 is 11.3 Å². The Balaban J connectivity index is 1.27. The van der Waals surface area contributed by atoms with Gasteiger partial charge in [0.25, 0.3) is 0 Å². The van der Waals surface area contributed by atoms with E-state index in [2.05, 4.69) is 30.1 Å². The zero-order valence-electron chi connectivity index (χ0n) is 18.5. The van der Waals surface area contributed by atoms with E-state index < -0.39 is 5.82 Å². The van der Waals surface area contributed by atoms with Crippen LogP contribution in [0.4, 0.5) is 15.1 Å². The first-order valence-corrected chi connectivity index (χ1v) is 11.4. The molecule has 1 fully saturated rings. The number of aromatic nitrogens is 6. The number of halogens is 1. The van der Waals surface area contributed by atoms with Crippen molar-refractivity contribution in [1.29, 1.82) is 0 Å². The van der Waals surface area contributed by atoms with Crippen molar-refractivity contribution in [2.75, 3.05) is 31.1 Å². The number of thiazole rings is 1. The van der Waals surface area contributed by atoms with Crippen LogP contribution in [0.5, 0.6) is 0 Å². The molecule has 172 valence electrons. The minimum absolute atomic E-state index is 0.0598. The number of rotatable bonds is 3. The van der Waals surface area contributed by atoms with Gasteiger partial charge in [-0.1, -0.05) is 0 Å². The molecule has 5 heterocycles.